The van der Waals surface area contributed by atoms with Gasteiger partial charge in [0.1, 0.15) is 0 Å². The summed E-state index contributed by atoms with van der Waals surface area (Å²) in [5.41, 5.74) is 3.35. The van der Waals surface area contributed by atoms with E-state index >= 15 is 0 Å². The Morgan fingerprint density at radius 3 is 2.49 bits per heavy atom. The van der Waals surface area contributed by atoms with E-state index in [-0.39, 0.29) is 4.90 Å². The van der Waals surface area contributed by atoms with E-state index in [1.165, 1.54) is 38.5 Å². The summed E-state index contributed by atoms with van der Waals surface area (Å²) >= 11 is 1.70. The number of benzene rings is 2. The van der Waals surface area contributed by atoms with E-state index in [2.05, 4.69) is 20.0 Å². The molecule has 4 aromatic rings. The third-order valence-electron chi connectivity index (χ3n) is 7.68. The molecule has 1 unspecified atom stereocenters. The summed E-state index contributed by atoms with van der Waals surface area (Å²) in [5, 5.41) is 14.6. The minimum absolute atomic E-state index is 0.225. The van der Waals surface area contributed by atoms with Crippen LogP contribution in [0.25, 0.3) is 10.4 Å². The number of aromatic nitrogens is 2. The Balaban J connectivity index is 1.08. The Labute approximate surface area is 247 Å². The number of pyridine rings is 1. The van der Waals surface area contributed by atoms with Crippen LogP contribution in [0, 0.1) is 5.92 Å². The number of aliphatic hydroxyl groups is 1. The second-order valence-corrected chi connectivity index (χ2v) is 13.5. The molecule has 0 aliphatic heterocycles. The standard InChI is InChI=1S/C32H38N4O3S2/c37-30(27-8-4-19-33-21-27)22-34-20-18-25-10-14-28(15-11-25)36-41(38,39)29-16-12-26(13-17-29)31-23-35-32(40-31)9-3-7-24-5-1-2-6-24/h4,8,10-17,19,21,23-24,30,34,36-37H,1-3,5-7,9,18,20,22H2. The predicted molar refractivity (Wildman–Crippen MR) is 165 cm³/mol. The lowest BCUT2D eigenvalue weighted by molar-refractivity contribution is 0.174. The van der Waals surface area contributed by atoms with Gasteiger partial charge >= 0.3 is 0 Å². The number of hydrogen-bond donors (Lipinski definition) is 3. The van der Waals surface area contributed by atoms with Crippen LogP contribution in [-0.4, -0.2) is 36.6 Å². The zero-order chi connectivity index (χ0) is 28.5. The fourth-order valence-corrected chi connectivity index (χ4v) is 7.34. The number of aliphatic hydroxyl groups excluding tert-OH is 1. The normalized spacial score (nSPS) is 14.8. The number of hydrogen-bond acceptors (Lipinski definition) is 7. The molecule has 3 N–H and O–H groups in total. The summed E-state index contributed by atoms with van der Waals surface area (Å²) in [5.74, 6) is 0.905. The first-order chi connectivity index (χ1) is 20.0. The van der Waals surface area contributed by atoms with E-state index < -0.39 is 16.1 Å². The highest BCUT2D eigenvalue weighted by atomic mass is 32.2. The highest BCUT2D eigenvalue weighted by Gasteiger charge is 2.16. The molecule has 0 saturated heterocycles. The number of rotatable bonds is 14. The lowest BCUT2D eigenvalue weighted by atomic mass is 10.0. The molecule has 2 aromatic carbocycles. The maximum Gasteiger partial charge on any atom is 0.261 e. The average Bonchev–Trinajstić information content (AvgIpc) is 3.69. The molecule has 0 radical (unpaired) electrons. The van der Waals surface area contributed by atoms with Gasteiger partial charge in [-0.25, -0.2) is 13.4 Å². The summed E-state index contributed by atoms with van der Waals surface area (Å²) in [4.78, 5) is 9.93. The van der Waals surface area contributed by atoms with Crippen LogP contribution >= 0.6 is 11.3 Å². The van der Waals surface area contributed by atoms with Crippen LogP contribution in [0.1, 0.15) is 60.8 Å². The first-order valence-corrected chi connectivity index (χ1v) is 16.7. The number of anilines is 1. The van der Waals surface area contributed by atoms with Crippen molar-refractivity contribution in [1.29, 1.82) is 0 Å². The predicted octanol–water partition coefficient (Wildman–Crippen LogP) is 6.38. The van der Waals surface area contributed by atoms with Gasteiger partial charge in [-0.15, -0.1) is 11.3 Å². The molecule has 2 heterocycles. The number of nitrogens with one attached hydrogen (secondary N) is 2. The Morgan fingerprint density at radius 1 is 0.976 bits per heavy atom. The number of sulfonamides is 1. The van der Waals surface area contributed by atoms with Crippen molar-refractivity contribution < 1.29 is 13.5 Å². The Hall–Kier alpha value is -3.11. The van der Waals surface area contributed by atoms with Crippen molar-refractivity contribution in [2.75, 3.05) is 17.8 Å². The van der Waals surface area contributed by atoms with Crippen molar-refractivity contribution in [2.45, 2.75) is 62.4 Å². The van der Waals surface area contributed by atoms with Gasteiger partial charge in [0.25, 0.3) is 10.0 Å². The molecule has 5 rings (SSSR count). The molecule has 9 heteroatoms. The van der Waals surface area contributed by atoms with Crippen LogP contribution in [0.2, 0.25) is 0 Å². The lowest BCUT2D eigenvalue weighted by Crippen LogP contribution is -2.23. The molecule has 0 amide bonds. The molecular weight excluding hydrogens is 553 g/mol. The highest BCUT2D eigenvalue weighted by Crippen LogP contribution is 2.31. The summed E-state index contributed by atoms with van der Waals surface area (Å²) in [6.45, 7) is 1.13. The van der Waals surface area contributed by atoms with E-state index in [1.807, 2.05) is 36.5 Å². The van der Waals surface area contributed by atoms with Crippen LogP contribution in [0.5, 0.6) is 0 Å². The lowest BCUT2D eigenvalue weighted by Gasteiger charge is -2.12. The Morgan fingerprint density at radius 2 is 1.76 bits per heavy atom. The fourth-order valence-electron chi connectivity index (χ4n) is 5.31. The van der Waals surface area contributed by atoms with Crippen molar-refractivity contribution >= 4 is 27.0 Å². The van der Waals surface area contributed by atoms with Crippen molar-refractivity contribution in [3.05, 3.63) is 95.4 Å². The first kappa shape index (κ1) is 29.4. The van der Waals surface area contributed by atoms with E-state index in [0.29, 0.717) is 18.8 Å². The molecule has 41 heavy (non-hydrogen) atoms. The van der Waals surface area contributed by atoms with Crippen molar-refractivity contribution in [1.82, 2.24) is 15.3 Å². The Bertz CT molecular complexity index is 1470. The van der Waals surface area contributed by atoms with Gasteiger partial charge in [0.2, 0.25) is 0 Å². The molecule has 0 spiro atoms. The highest BCUT2D eigenvalue weighted by molar-refractivity contribution is 7.92. The van der Waals surface area contributed by atoms with Gasteiger partial charge in [0.15, 0.2) is 0 Å². The van der Waals surface area contributed by atoms with E-state index in [4.69, 9.17) is 0 Å². The summed E-state index contributed by atoms with van der Waals surface area (Å²) in [7, 11) is -3.70. The third-order valence-corrected chi connectivity index (χ3v) is 10.2. The first-order valence-electron chi connectivity index (χ1n) is 14.4. The van der Waals surface area contributed by atoms with Crippen LogP contribution in [0.4, 0.5) is 5.69 Å². The molecule has 7 nitrogen and oxygen atoms in total. The molecule has 1 saturated carbocycles. The van der Waals surface area contributed by atoms with E-state index in [0.717, 1.165) is 45.3 Å². The van der Waals surface area contributed by atoms with Gasteiger partial charge in [0.05, 0.1) is 20.9 Å². The van der Waals surface area contributed by atoms with Crippen LogP contribution in [-0.2, 0) is 22.9 Å². The van der Waals surface area contributed by atoms with Crippen LogP contribution in [0.3, 0.4) is 0 Å². The number of aryl methyl sites for hydroxylation is 1. The van der Waals surface area contributed by atoms with Crippen molar-refractivity contribution in [3.8, 4) is 10.4 Å². The van der Waals surface area contributed by atoms with Gasteiger partial charge < -0.3 is 10.4 Å². The van der Waals surface area contributed by atoms with Crippen molar-refractivity contribution in [3.63, 3.8) is 0 Å². The molecule has 1 aliphatic carbocycles. The van der Waals surface area contributed by atoms with Crippen molar-refractivity contribution in [2.24, 2.45) is 5.92 Å². The van der Waals surface area contributed by atoms with Crippen LogP contribution in [0.15, 0.2) is 84.1 Å². The average molecular weight is 591 g/mol. The number of nitrogens with zero attached hydrogens (tertiary/aromatic N) is 2. The summed E-state index contributed by atoms with van der Waals surface area (Å²) in [6, 6.07) is 18.0. The molecule has 0 bridgehead atoms. The minimum Gasteiger partial charge on any atom is -0.387 e. The SMILES string of the molecule is O=S(=O)(Nc1ccc(CCNCC(O)c2cccnc2)cc1)c1ccc(-c2cnc(CCCC3CCCC3)s2)cc1. The molecule has 2 aromatic heterocycles. The minimum atomic E-state index is -3.70. The molecule has 1 atom stereocenters. The van der Waals surface area contributed by atoms with E-state index in [9.17, 15) is 13.5 Å². The topological polar surface area (TPSA) is 104 Å². The van der Waals surface area contributed by atoms with Gasteiger partial charge in [0, 0.05) is 36.4 Å². The van der Waals surface area contributed by atoms with Gasteiger partial charge in [-0.05, 0) is 73.2 Å². The quantitative estimate of drug-likeness (QED) is 0.147. The monoisotopic (exact) mass is 590 g/mol. The smallest absolute Gasteiger partial charge is 0.261 e. The molecule has 1 fully saturated rings. The fraction of sp³-hybridized carbons (Fsp3) is 0.375. The third kappa shape index (κ3) is 8.45. The van der Waals surface area contributed by atoms with Gasteiger partial charge in [-0.1, -0.05) is 62.4 Å². The second kappa shape index (κ2) is 14.2. The van der Waals surface area contributed by atoms with Gasteiger partial charge in [-0.2, -0.15) is 0 Å². The molecular formula is C32H38N4O3S2. The largest absolute Gasteiger partial charge is 0.387 e. The zero-order valence-electron chi connectivity index (χ0n) is 23.2. The number of thiazole rings is 1. The zero-order valence-corrected chi connectivity index (χ0v) is 24.8. The molecule has 1 aliphatic rings. The Kier molecular flexibility index (Phi) is 10.2. The van der Waals surface area contributed by atoms with Gasteiger partial charge in [-0.3, -0.25) is 9.71 Å². The van der Waals surface area contributed by atoms with E-state index in [1.54, 1.807) is 54.1 Å². The maximum absolute atomic E-state index is 13.0. The summed E-state index contributed by atoms with van der Waals surface area (Å²) in [6.07, 6.45) is 14.4. The van der Waals surface area contributed by atoms with Crippen LogP contribution < -0.4 is 10.0 Å². The second-order valence-electron chi connectivity index (χ2n) is 10.7. The summed E-state index contributed by atoms with van der Waals surface area (Å²) < 4.78 is 28.7. The molecule has 216 valence electrons. The maximum atomic E-state index is 13.0.